The van der Waals surface area contributed by atoms with Crippen LogP contribution >= 0.6 is 0 Å². The summed E-state index contributed by atoms with van der Waals surface area (Å²) in [6.45, 7) is 2.23. The number of fused-ring (bicyclic) bond motifs is 3. The number of imide groups is 1. The molecule has 0 N–H and O–H groups in total. The van der Waals surface area contributed by atoms with E-state index in [0.29, 0.717) is 28.9 Å². The normalized spacial score (nSPS) is 16.5. The van der Waals surface area contributed by atoms with E-state index in [0.717, 1.165) is 53.7 Å². The Morgan fingerprint density at radius 2 is 1.44 bits per heavy atom. The predicted molar refractivity (Wildman–Crippen MR) is 141 cm³/mol. The van der Waals surface area contributed by atoms with Crippen molar-refractivity contribution >= 4 is 33.8 Å². The molecule has 1 saturated heterocycles. The summed E-state index contributed by atoms with van der Waals surface area (Å²) in [6.07, 6.45) is 1.74. The molecule has 0 spiro atoms. The molecule has 4 heterocycles. The highest BCUT2D eigenvalue weighted by atomic mass is 19.1. The Morgan fingerprint density at radius 1 is 0.821 bits per heavy atom. The zero-order valence-corrected chi connectivity index (χ0v) is 21.0. The Labute approximate surface area is 223 Å². The minimum absolute atomic E-state index is 0.0669. The number of hydrogen-bond acceptors (Lipinski definition) is 7. The molecule has 2 aromatic heterocycles. The maximum atomic E-state index is 13.6. The predicted octanol–water partition coefficient (Wildman–Crippen LogP) is 5.09. The number of rotatable bonds is 5. The largest absolute Gasteiger partial charge is 0.356 e. The second-order valence-corrected chi connectivity index (χ2v) is 10.1. The number of benzene rings is 3. The number of para-hydroxylation sites is 2. The van der Waals surface area contributed by atoms with Crippen molar-refractivity contribution in [1.82, 2.24) is 24.9 Å². The smallest absolute Gasteiger partial charge is 0.261 e. The van der Waals surface area contributed by atoms with Gasteiger partial charge in [0.05, 0.1) is 45.8 Å². The molecule has 9 heteroatoms. The molecule has 2 amide bonds. The molecule has 1 fully saturated rings. The molecule has 0 saturated carbocycles. The van der Waals surface area contributed by atoms with E-state index in [-0.39, 0.29) is 30.1 Å². The van der Waals surface area contributed by atoms with Crippen molar-refractivity contribution in [3.8, 4) is 0 Å². The highest BCUT2D eigenvalue weighted by Gasteiger charge is 2.36. The van der Waals surface area contributed by atoms with Crippen molar-refractivity contribution < 1.29 is 18.5 Å². The Hall–Kier alpha value is -4.50. The SMILES string of the molecule is O=C1c2ccccc2C(=O)N1Cc1nc2ccccc2nc1CN1CCC(c2noc3cc(F)ccc23)CC1. The van der Waals surface area contributed by atoms with Crippen LogP contribution in [0.1, 0.15) is 56.6 Å². The van der Waals surface area contributed by atoms with E-state index in [2.05, 4.69) is 10.1 Å². The van der Waals surface area contributed by atoms with Gasteiger partial charge in [-0.3, -0.25) is 19.4 Å². The minimum Gasteiger partial charge on any atom is -0.356 e. The van der Waals surface area contributed by atoms with Crippen LogP contribution in [0.2, 0.25) is 0 Å². The molecule has 0 radical (unpaired) electrons. The van der Waals surface area contributed by atoms with E-state index < -0.39 is 0 Å². The average Bonchev–Trinajstić information content (AvgIpc) is 3.48. The van der Waals surface area contributed by atoms with Gasteiger partial charge in [-0.05, 0) is 62.3 Å². The van der Waals surface area contributed by atoms with Gasteiger partial charge in [0.15, 0.2) is 5.58 Å². The first-order valence-electron chi connectivity index (χ1n) is 13.0. The van der Waals surface area contributed by atoms with Crippen LogP contribution in [0, 0.1) is 5.82 Å². The number of carbonyl (C=O) groups is 2. The summed E-state index contributed by atoms with van der Waals surface area (Å²) in [4.78, 5) is 39.4. The van der Waals surface area contributed by atoms with Crippen LogP contribution in [0.25, 0.3) is 22.0 Å². The van der Waals surface area contributed by atoms with E-state index in [1.807, 2.05) is 24.3 Å². The molecule has 0 bridgehead atoms. The highest BCUT2D eigenvalue weighted by molar-refractivity contribution is 6.21. The van der Waals surface area contributed by atoms with Gasteiger partial charge in [0, 0.05) is 23.9 Å². The van der Waals surface area contributed by atoms with Gasteiger partial charge < -0.3 is 4.52 Å². The highest BCUT2D eigenvalue weighted by Crippen LogP contribution is 2.33. The molecular formula is C30H24FN5O3. The molecule has 2 aliphatic rings. The lowest BCUT2D eigenvalue weighted by atomic mass is 9.91. The van der Waals surface area contributed by atoms with Gasteiger partial charge in [-0.25, -0.2) is 14.4 Å². The van der Waals surface area contributed by atoms with Crippen molar-refractivity contribution in [1.29, 1.82) is 0 Å². The fraction of sp³-hybridized carbons (Fsp3) is 0.233. The molecule has 2 aliphatic heterocycles. The lowest BCUT2D eigenvalue weighted by Crippen LogP contribution is -2.34. The molecular weight excluding hydrogens is 497 g/mol. The standard InChI is InChI=1S/C30H24FN5O3/c31-19-9-10-22-27(15-19)39-34-28(22)18-11-13-35(14-12-18)16-25-26(33-24-8-4-3-7-23(24)32-25)17-36-29(37)20-5-1-2-6-21(20)30(36)38/h1-10,15,18H,11-14,16-17H2. The number of hydrogen-bond donors (Lipinski definition) is 0. The quantitative estimate of drug-likeness (QED) is 0.298. The maximum absolute atomic E-state index is 13.6. The number of piperidine rings is 1. The number of aromatic nitrogens is 3. The van der Waals surface area contributed by atoms with Crippen LogP contribution in [-0.4, -0.2) is 49.8 Å². The molecule has 194 valence electrons. The molecule has 0 unspecified atom stereocenters. The number of amides is 2. The Kier molecular flexibility index (Phi) is 5.66. The second-order valence-electron chi connectivity index (χ2n) is 10.1. The van der Waals surface area contributed by atoms with Gasteiger partial charge in [0.1, 0.15) is 5.82 Å². The Balaban J connectivity index is 1.13. The van der Waals surface area contributed by atoms with E-state index in [9.17, 15) is 14.0 Å². The second kappa shape index (κ2) is 9.36. The molecule has 3 aromatic carbocycles. The van der Waals surface area contributed by atoms with Crippen molar-refractivity contribution in [2.24, 2.45) is 0 Å². The van der Waals surface area contributed by atoms with E-state index >= 15 is 0 Å². The summed E-state index contributed by atoms with van der Waals surface area (Å²) >= 11 is 0. The molecule has 5 aromatic rings. The Morgan fingerprint density at radius 3 is 2.10 bits per heavy atom. The van der Waals surface area contributed by atoms with Gasteiger partial charge in [0.25, 0.3) is 11.8 Å². The van der Waals surface area contributed by atoms with Crippen LogP contribution in [0.3, 0.4) is 0 Å². The lowest BCUT2D eigenvalue weighted by Gasteiger charge is -2.31. The first-order valence-corrected chi connectivity index (χ1v) is 13.0. The van der Waals surface area contributed by atoms with E-state index in [4.69, 9.17) is 14.5 Å². The third-order valence-electron chi connectivity index (χ3n) is 7.72. The van der Waals surface area contributed by atoms with E-state index in [1.165, 1.54) is 17.0 Å². The third kappa shape index (κ3) is 4.15. The topological polar surface area (TPSA) is 92.4 Å². The third-order valence-corrected chi connectivity index (χ3v) is 7.72. The summed E-state index contributed by atoms with van der Waals surface area (Å²) in [5.74, 6) is -0.740. The van der Waals surface area contributed by atoms with Gasteiger partial charge in [-0.2, -0.15) is 0 Å². The van der Waals surface area contributed by atoms with Gasteiger partial charge in [-0.15, -0.1) is 0 Å². The minimum atomic E-state index is -0.339. The summed E-state index contributed by atoms with van der Waals surface area (Å²) < 4.78 is 19.0. The Bertz CT molecular complexity index is 1720. The van der Waals surface area contributed by atoms with Gasteiger partial charge in [0.2, 0.25) is 0 Å². The van der Waals surface area contributed by atoms with Crippen LogP contribution in [0.4, 0.5) is 4.39 Å². The van der Waals surface area contributed by atoms with Crippen LogP contribution in [-0.2, 0) is 13.1 Å². The van der Waals surface area contributed by atoms with E-state index in [1.54, 1.807) is 30.3 Å². The lowest BCUT2D eigenvalue weighted by molar-refractivity contribution is 0.0639. The number of likely N-dealkylation sites (tertiary alicyclic amines) is 1. The van der Waals surface area contributed by atoms with Crippen LogP contribution in [0.15, 0.2) is 71.3 Å². The number of nitrogens with zero attached hydrogens (tertiary/aromatic N) is 5. The zero-order chi connectivity index (χ0) is 26.5. The first-order chi connectivity index (χ1) is 19.0. The summed E-state index contributed by atoms with van der Waals surface area (Å²) in [5.41, 5.74) is 5.06. The number of halogens is 1. The molecule has 0 atom stereocenters. The average molecular weight is 522 g/mol. The van der Waals surface area contributed by atoms with Crippen LogP contribution in [0.5, 0.6) is 0 Å². The van der Waals surface area contributed by atoms with Crippen molar-refractivity contribution in [3.63, 3.8) is 0 Å². The molecule has 0 aliphatic carbocycles. The molecule has 7 rings (SSSR count). The van der Waals surface area contributed by atoms with Crippen molar-refractivity contribution in [2.75, 3.05) is 13.1 Å². The zero-order valence-electron chi connectivity index (χ0n) is 21.0. The summed E-state index contributed by atoms with van der Waals surface area (Å²) in [5, 5.41) is 5.11. The van der Waals surface area contributed by atoms with Crippen LogP contribution < -0.4 is 0 Å². The van der Waals surface area contributed by atoms with Crippen molar-refractivity contribution in [2.45, 2.75) is 31.8 Å². The summed E-state index contributed by atoms with van der Waals surface area (Å²) in [7, 11) is 0. The maximum Gasteiger partial charge on any atom is 0.261 e. The van der Waals surface area contributed by atoms with Gasteiger partial charge in [-0.1, -0.05) is 29.4 Å². The fourth-order valence-electron chi connectivity index (χ4n) is 5.66. The monoisotopic (exact) mass is 521 g/mol. The van der Waals surface area contributed by atoms with Gasteiger partial charge >= 0.3 is 0 Å². The first kappa shape index (κ1) is 23.6. The van der Waals surface area contributed by atoms with Crippen molar-refractivity contribution in [3.05, 3.63) is 101 Å². The molecule has 39 heavy (non-hydrogen) atoms. The fourth-order valence-corrected chi connectivity index (χ4v) is 5.66. The summed E-state index contributed by atoms with van der Waals surface area (Å²) in [6, 6.07) is 19.1. The molecule has 8 nitrogen and oxygen atoms in total. The number of carbonyl (C=O) groups excluding carboxylic acids is 2.